The topological polar surface area (TPSA) is 60.7 Å². The maximum absolute atomic E-state index is 13.0. The second kappa shape index (κ2) is 27.1. The van der Waals surface area contributed by atoms with E-state index in [1.165, 1.54) is 307 Å². The molecule has 0 amide bonds. The number of benzene rings is 4. The van der Waals surface area contributed by atoms with E-state index in [1.807, 2.05) is 0 Å². The van der Waals surface area contributed by atoms with Crippen LogP contribution in [0.1, 0.15) is 389 Å². The molecule has 0 heterocycles. The third kappa shape index (κ3) is 12.9. The zero-order valence-electron chi connectivity index (χ0n) is 51.2. The fraction of sp³-hybridized carbons (Fsp3) is 0.692. The summed E-state index contributed by atoms with van der Waals surface area (Å²) >= 11 is 0. The van der Waals surface area contributed by atoms with E-state index in [0.717, 1.165) is 25.7 Å². The standard InChI is InChI=1S/C78H110O3/c1-54-67(57-26-10-2-11-27-57)46-55(47-68(54)58-28-12-3-13-29-58)42-44-78(65-50-71(61-34-18-6-19-35-61)76(80)72(51-65)62-36-20-7-21-37-62,66-52-73(63-38-22-8-23-39-63)77(81)74(53-66)64-40-24-9-25-41-64)45-43-56-48-69(59-30-14-4-15-31-59)75(79)70(49-56)60-32-16-5-17-33-60/h46-53,57-64,79-81H,2-45H2,1H3. The van der Waals surface area contributed by atoms with Crippen molar-refractivity contribution in [2.45, 2.75) is 342 Å². The smallest absolute Gasteiger partial charge is 0.122 e. The summed E-state index contributed by atoms with van der Waals surface area (Å²) in [6, 6.07) is 21.1. The molecule has 8 saturated carbocycles. The van der Waals surface area contributed by atoms with Crippen molar-refractivity contribution >= 4 is 0 Å². The molecule has 0 saturated heterocycles. The molecule has 0 radical (unpaired) electrons. The van der Waals surface area contributed by atoms with E-state index in [4.69, 9.17) is 0 Å². The maximum Gasteiger partial charge on any atom is 0.122 e. The number of aromatic hydroxyl groups is 3. The number of hydrogen-bond donors (Lipinski definition) is 3. The second-order valence-electron chi connectivity index (χ2n) is 29.3. The summed E-state index contributed by atoms with van der Waals surface area (Å²) < 4.78 is 0. The third-order valence-electron chi connectivity index (χ3n) is 24.3. The third-order valence-corrected chi connectivity index (χ3v) is 24.3. The van der Waals surface area contributed by atoms with Crippen LogP contribution in [-0.4, -0.2) is 15.3 Å². The molecule has 8 aliphatic rings. The molecule has 0 bridgehead atoms. The first-order valence-corrected chi connectivity index (χ1v) is 35.5. The molecule has 3 N–H and O–H groups in total. The molecule has 0 atom stereocenters. The summed E-state index contributed by atoms with van der Waals surface area (Å²) in [7, 11) is 0. The summed E-state index contributed by atoms with van der Waals surface area (Å²) in [5.41, 5.74) is 18.1. The van der Waals surface area contributed by atoms with Crippen molar-refractivity contribution in [3.63, 3.8) is 0 Å². The van der Waals surface area contributed by atoms with E-state index < -0.39 is 5.41 Å². The summed E-state index contributed by atoms with van der Waals surface area (Å²) in [6.07, 6.45) is 54.5. The highest BCUT2D eigenvalue weighted by molar-refractivity contribution is 5.57. The maximum atomic E-state index is 13.0. The lowest BCUT2D eigenvalue weighted by Crippen LogP contribution is -2.31. The van der Waals surface area contributed by atoms with Crippen LogP contribution in [0.2, 0.25) is 0 Å². The molecular weight excluding hydrogens is 985 g/mol. The lowest BCUT2D eigenvalue weighted by Gasteiger charge is -2.40. The van der Waals surface area contributed by atoms with Crippen LogP contribution in [0.5, 0.6) is 17.2 Å². The van der Waals surface area contributed by atoms with E-state index in [0.29, 0.717) is 64.6 Å². The molecule has 0 aliphatic heterocycles. The monoisotopic (exact) mass is 1090 g/mol. The van der Waals surface area contributed by atoms with E-state index in [2.05, 4.69) is 55.5 Å². The van der Waals surface area contributed by atoms with Gasteiger partial charge >= 0.3 is 0 Å². The van der Waals surface area contributed by atoms with Crippen LogP contribution < -0.4 is 0 Å². The molecule has 4 aromatic carbocycles. The average molecular weight is 1100 g/mol. The first kappa shape index (κ1) is 57.7. The van der Waals surface area contributed by atoms with E-state index in [9.17, 15) is 15.3 Å². The summed E-state index contributed by atoms with van der Waals surface area (Å²) in [4.78, 5) is 0. The van der Waals surface area contributed by atoms with Gasteiger partial charge in [0.25, 0.3) is 0 Å². The molecule has 8 aliphatic carbocycles. The van der Waals surface area contributed by atoms with Crippen molar-refractivity contribution in [2.24, 2.45) is 0 Å². The molecule has 0 aromatic heterocycles. The Hall–Kier alpha value is -3.72. The Kier molecular flexibility index (Phi) is 19.3. The van der Waals surface area contributed by atoms with Gasteiger partial charge in [0.15, 0.2) is 0 Å². The van der Waals surface area contributed by atoms with Crippen LogP contribution in [-0.2, 0) is 18.3 Å². The number of aryl methyl sites for hydroxylation is 2. The van der Waals surface area contributed by atoms with Gasteiger partial charge in [-0.15, -0.1) is 0 Å². The Labute approximate surface area is 493 Å². The molecule has 81 heavy (non-hydrogen) atoms. The number of hydrogen-bond acceptors (Lipinski definition) is 3. The highest BCUT2D eigenvalue weighted by Crippen LogP contribution is 2.54. The SMILES string of the molecule is Cc1c(C2CCCCC2)cc(CCC(CCc2cc(C3CCCCC3)c(O)c(C3CCCCC3)c2)(c2cc(C3CCCCC3)c(O)c(C3CCCCC3)c2)c2cc(C3CCCCC3)c(O)c(C3CCCCC3)c2)cc1C1CCCCC1. The van der Waals surface area contributed by atoms with Crippen LogP contribution >= 0.6 is 0 Å². The van der Waals surface area contributed by atoms with Gasteiger partial charge in [0.1, 0.15) is 17.2 Å². The normalized spacial score (nSPS) is 22.8. The van der Waals surface area contributed by atoms with Crippen LogP contribution in [0, 0.1) is 6.92 Å². The fourth-order valence-corrected chi connectivity index (χ4v) is 19.4. The molecule has 440 valence electrons. The Morgan fingerprint density at radius 3 is 0.679 bits per heavy atom. The molecule has 4 aromatic rings. The number of phenols is 3. The van der Waals surface area contributed by atoms with Gasteiger partial charge in [0.2, 0.25) is 0 Å². The van der Waals surface area contributed by atoms with Crippen molar-refractivity contribution in [3.8, 4) is 17.2 Å². The van der Waals surface area contributed by atoms with Crippen LogP contribution in [0.15, 0.2) is 48.5 Å². The van der Waals surface area contributed by atoms with Gasteiger partial charge in [0, 0.05) is 5.41 Å². The van der Waals surface area contributed by atoms with E-state index in [1.54, 1.807) is 22.3 Å². The lowest BCUT2D eigenvalue weighted by molar-refractivity contribution is 0.382. The molecule has 3 nitrogen and oxygen atoms in total. The average Bonchev–Trinajstić information content (AvgIpc) is 3.58. The minimum atomic E-state index is -0.393. The molecular formula is C78H110O3. The van der Waals surface area contributed by atoms with Crippen molar-refractivity contribution < 1.29 is 15.3 Å². The predicted molar refractivity (Wildman–Crippen MR) is 340 cm³/mol. The largest absolute Gasteiger partial charge is 0.507 e. The Bertz CT molecular complexity index is 2330. The van der Waals surface area contributed by atoms with Crippen LogP contribution in [0.4, 0.5) is 0 Å². The molecule has 0 unspecified atom stereocenters. The van der Waals surface area contributed by atoms with Crippen molar-refractivity contribution in [2.75, 3.05) is 0 Å². The first-order chi connectivity index (χ1) is 39.8. The second-order valence-corrected chi connectivity index (χ2v) is 29.3. The summed E-state index contributed by atoms with van der Waals surface area (Å²) in [5, 5.41) is 38.7. The highest BCUT2D eigenvalue weighted by atomic mass is 16.3. The molecule has 3 heteroatoms. The Morgan fingerprint density at radius 1 is 0.272 bits per heavy atom. The van der Waals surface area contributed by atoms with E-state index in [-0.39, 0.29) is 0 Å². The molecule has 0 spiro atoms. The van der Waals surface area contributed by atoms with Gasteiger partial charge in [-0.1, -0.05) is 203 Å². The van der Waals surface area contributed by atoms with Crippen LogP contribution in [0.3, 0.4) is 0 Å². The van der Waals surface area contributed by atoms with Crippen molar-refractivity contribution in [1.29, 1.82) is 0 Å². The van der Waals surface area contributed by atoms with Gasteiger partial charge < -0.3 is 15.3 Å². The van der Waals surface area contributed by atoms with Crippen LogP contribution in [0.25, 0.3) is 0 Å². The minimum absolute atomic E-state index is 0.385. The quantitative estimate of drug-likeness (QED) is 0.105. The summed E-state index contributed by atoms with van der Waals surface area (Å²) in [6.45, 7) is 2.52. The first-order valence-electron chi connectivity index (χ1n) is 35.5. The fourth-order valence-electron chi connectivity index (χ4n) is 19.4. The molecule has 12 rings (SSSR count). The minimum Gasteiger partial charge on any atom is -0.507 e. The van der Waals surface area contributed by atoms with E-state index >= 15 is 0 Å². The van der Waals surface area contributed by atoms with Crippen molar-refractivity contribution in [3.05, 3.63) is 121 Å². The number of rotatable bonds is 16. The van der Waals surface area contributed by atoms with Gasteiger partial charge in [0.05, 0.1) is 0 Å². The van der Waals surface area contributed by atoms with Gasteiger partial charge in [-0.2, -0.15) is 0 Å². The van der Waals surface area contributed by atoms with Crippen molar-refractivity contribution in [1.82, 2.24) is 0 Å². The lowest BCUT2D eigenvalue weighted by atomic mass is 9.64. The van der Waals surface area contributed by atoms with Gasteiger partial charge in [-0.3, -0.25) is 0 Å². The predicted octanol–water partition coefficient (Wildman–Crippen LogP) is 23.0. The highest BCUT2D eigenvalue weighted by Gasteiger charge is 2.41. The zero-order chi connectivity index (χ0) is 55.1. The zero-order valence-corrected chi connectivity index (χ0v) is 51.2. The van der Waals surface area contributed by atoms with Gasteiger partial charge in [-0.25, -0.2) is 0 Å². The molecule has 8 fully saturated rings. The Balaban J connectivity index is 1.09. The number of phenolic OH excluding ortho intramolecular Hbond substituents is 3. The van der Waals surface area contributed by atoms with Gasteiger partial charge in [-0.05, 0) is 255 Å². The summed E-state index contributed by atoms with van der Waals surface area (Å²) in [5.74, 6) is 5.67. The Morgan fingerprint density at radius 2 is 0.457 bits per heavy atom.